The predicted molar refractivity (Wildman–Crippen MR) is 206 cm³/mol. The highest BCUT2D eigenvalue weighted by Crippen LogP contribution is 2.27. The second-order valence-electron chi connectivity index (χ2n) is 15.2. The minimum absolute atomic E-state index is 0.0757. The van der Waals surface area contributed by atoms with Gasteiger partial charge in [-0.3, -0.25) is 4.79 Å². The highest BCUT2D eigenvalue weighted by molar-refractivity contribution is 5.82. The van der Waals surface area contributed by atoms with E-state index in [9.17, 15) is 35.1 Å². The van der Waals surface area contributed by atoms with E-state index < -0.39 is 36.5 Å². The van der Waals surface area contributed by atoms with Crippen LogP contribution in [0.4, 0.5) is 0 Å². The van der Waals surface area contributed by atoms with E-state index in [1.807, 2.05) is 51.2 Å². The van der Waals surface area contributed by atoms with Crippen LogP contribution in [0.25, 0.3) is 0 Å². The molecule has 0 bridgehead atoms. The number of carbonyl (C=O) groups excluding carboxylic acids is 2. The van der Waals surface area contributed by atoms with Crippen molar-refractivity contribution < 1.29 is 44.6 Å². The summed E-state index contributed by atoms with van der Waals surface area (Å²) in [4.78, 5) is 25.7. The third-order valence-corrected chi connectivity index (χ3v) is 9.70. The van der Waals surface area contributed by atoms with Crippen LogP contribution in [0.3, 0.4) is 0 Å². The fraction of sp³-hybridized carbons (Fsp3) is 0.628. The Morgan fingerprint density at radius 3 is 2.29 bits per heavy atom. The molecule has 0 saturated carbocycles. The number of hydrogen-bond donors (Lipinski definition) is 5. The Hall–Kier alpha value is -3.08. The quantitative estimate of drug-likeness (QED) is 0.0495. The molecule has 2 aliphatic rings. The molecular weight excluding hydrogens is 660 g/mol. The summed E-state index contributed by atoms with van der Waals surface area (Å²) in [5, 5.41) is 49.4. The lowest BCUT2D eigenvalue weighted by Gasteiger charge is -2.26. The van der Waals surface area contributed by atoms with E-state index in [0.29, 0.717) is 25.7 Å². The first-order chi connectivity index (χ1) is 24.5. The van der Waals surface area contributed by atoms with Gasteiger partial charge in [-0.05, 0) is 95.6 Å². The van der Waals surface area contributed by atoms with Crippen molar-refractivity contribution in [3.63, 3.8) is 0 Å². The molecule has 9 heteroatoms. The topological polar surface area (TPSA) is 154 Å². The van der Waals surface area contributed by atoms with E-state index in [2.05, 4.69) is 26.0 Å². The molecule has 0 aromatic heterocycles. The van der Waals surface area contributed by atoms with Crippen LogP contribution in [-0.4, -0.2) is 80.2 Å². The van der Waals surface area contributed by atoms with Crippen molar-refractivity contribution in [1.29, 1.82) is 0 Å². The van der Waals surface area contributed by atoms with Gasteiger partial charge in [-0.25, -0.2) is 4.79 Å². The van der Waals surface area contributed by atoms with Crippen molar-refractivity contribution in [2.75, 3.05) is 0 Å². The maximum absolute atomic E-state index is 12.9. The monoisotopic (exact) mass is 726 g/mol. The molecule has 9 nitrogen and oxygen atoms in total. The number of ether oxygens (including phenoxy) is 2. The largest absolute Gasteiger partial charge is 0.462 e. The van der Waals surface area contributed by atoms with Gasteiger partial charge < -0.3 is 35.0 Å². The molecule has 1 aliphatic heterocycles. The number of aliphatic hydroxyl groups excluding tert-OH is 5. The van der Waals surface area contributed by atoms with E-state index in [1.54, 1.807) is 26.0 Å². The summed E-state index contributed by atoms with van der Waals surface area (Å²) >= 11 is 0. The standard InChI is InChI=1S/C43H66O9/c1-28(24-38(47)39(48)26-34(7)45)12-10-14-35-18-19-36(27-35)20-21-43(50)51-40-16-11-17-42(49)52-41(15-9-8-13-30(40)3)32(5)23-29(2)22-31(4)37(46)25-33(6)44/h8-10,12,14,20-22,24,27,30-34,37-41,44-48H,11,13,15-19,23,25-26H2,1-7H3/b9-8+,12-10+,21-20+,28-24+,29-22+,35-14+. The predicted octanol–water partition coefficient (Wildman–Crippen LogP) is 6.90. The summed E-state index contributed by atoms with van der Waals surface area (Å²) in [5.41, 5.74) is 4.04. The second-order valence-corrected chi connectivity index (χ2v) is 15.2. The molecular formula is C43H66O9. The average molecular weight is 727 g/mol. The molecule has 1 heterocycles. The summed E-state index contributed by atoms with van der Waals surface area (Å²) in [6.07, 6.45) is 19.7. The fourth-order valence-corrected chi connectivity index (χ4v) is 6.60. The van der Waals surface area contributed by atoms with Gasteiger partial charge in [0.05, 0.1) is 30.5 Å². The van der Waals surface area contributed by atoms with E-state index in [1.165, 1.54) is 6.08 Å². The molecule has 292 valence electrons. The average Bonchev–Trinajstić information content (AvgIpc) is 3.50. The summed E-state index contributed by atoms with van der Waals surface area (Å²) < 4.78 is 11.8. The summed E-state index contributed by atoms with van der Waals surface area (Å²) in [5.74, 6) is -0.593. The first-order valence-corrected chi connectivity index (χ1v) is 19.1. The summed E-state index contributed by atoms with van der Waals surface area (Å²) in [6, 6.07) is 0. The lowest BCUT2D eigenvalue weighted by atomic mass is 9.90. The van der Waals surface area contributed by atoms with Crippen LogP contribution in [0, 0.1) is 17.8 Å². The van der Waals surface area contributed by atoms with Gasteiger partial charge in [0, 0.05) is 31.3 Å². The van der Waals surface area contributed by atoms with Gasteiger partial charge in [0.15, 0.2) is 0 Å². The third-order valence-electron chi connectivity index (χ3n) is 9.70. The molecule has 0 aromatic rings. The fourth-order valence-electron chi connectivity index (χ4n) is 6.60. The first kappa shape index (κ1) is 45.1. The number of aliphatic hydroxyl groups is 5. The minimum Gasteiger partial charge on any atom is -0.462 e. The van der Waals surface area contributed by atoms with Crippen molar-refractivity contribution in [2.24, 2.45) is 17.8 Å². The number of cyclic esters (lactones) is 1. The number of rotatable bonds is 16. The summed E-state index contributed by atoms with van der Waals surface area (Å²) in [6.45, 7) is 13.2. The van der Waals surface area contributed by atoms with Crippen molar-refractivity contribution in [3.05, 3.63) is 83.1 Å². The maximum Gasteiger partial charge on any atom is 0.331 e. The Kier molecular flexibility index (Phi) is 20.4. The Labute approximate surface area is 312 Å². The van der Waals surface area contributed by atoms with Crippen LogP contribution in [0.15, 0.2) is 83.1 Å². The van der Waals surface area contributed by atoms with Gasteiger partial charge in [0.2, 0.25) is 0 Å². The van der Waals surface area contributed by atoms with Gasteiger partial charge in [-0.1, -0.05) is 86.6 Å². The molecule has 0 fully saturated rings. The molecule has 5 N–H and O–H groups in total. The van der Waals surface area contributed by atoms with Crippen molar-refractivity contribution >= 4 is 11.9 Å². The Balaban J connectivity index is 1.94. The molecule has 0 radical (unpaired) electrons. The Bertz CT molecular complexity index is 1330. The van der Waals surface area contributed by atoms with Gasteiger partial charge in [0.1, 0.15) is 12.2 Å². The number of hydrogen-bond acceptors (Lipinski definition) is 9. The smallest absolute Gasteiger partial charge is 0.331 e. The van der Waals surface area contributed by atoms with E-state index >= 15 is 0 Å². The lowest BCUT2D eigenvalue weighted by Crippen LogP contribution is -2.27. The summed E-state index contributed by atoms with van der Waals surface area (Å²) in [7, 11) is 0. The normalized spacial score (nSPS) is 26.8. The zero-order valence-corrected chi connectivity index (χ0v) is 32.5. The highest BCUT2D eigenvalue weighted by atomic mass is 16.5. The maximum atomic E-state index is 12.9. The molecule has 2 rings (SSSR count). The van der Waals surface area contributed by atoms with Crippen molar-refractivity contribution in [2.45, 2.75) is 155 Å². The zero-order valence-electron chi connectivity index (χ0n) is 32.5. The van der Waals surface area contributed by atoms with Crippen LogP contribution in [0.2, 0.25) is 0 Å². The van der Waals surface area contributed by atoms with Crippen LogP contribution in [0.5, 0.6) is 0 Å². The molecule has 52 heavy (non-hydrogen) atoms. The highest BCUT2D eigenvalue weighted by Gasteiger charge is 2.25. The van der Waals surface area contributed by atoms with Gasteiger partial charge in [0.25, 0.3) is 0 Å². The molecule has 10 unspecified atom stereocenters. The van der Waals surface area contributed by atoms with Crippen LogP contribution < -0.4 is 0 Å². The van der Waals surface area contributed by atoms with Crippen molar-refractivity contribution in [3.8, 4) is 0 Å². The number of carbonyl (C=O) groups is 2. The second kappa shape index (κ2) is 23.6. The van der Waals surface area contributed by atoms with Crippen molar-refractivity contribution in [1.82, 2.24) is 0 Å². The van der Waals surface area contributed by atoms with Gasteiger partial charge in [-0.2, -0.15) is 0 Å². The van der Waals surface area contributed by atoms with E-state index in [4.69, 9.17) is 9.47 Å². The minimum atomic E-state index is -1.05. The Morgan fingerprint density at radius 1 is 0.923 bits per heavy atom. The van der Waals surface area contributed by atoms with Gasteiger partial charge >= 0.3 is 11.9 Å². The van der Waals surface area contributed by atoms with Crippen LogP contribution in [0.1, 0.15) is 113 Å². The Morgan fingerprint density at radius 2 is 1.60 bits per heavy atom. The SMILES string of the molecule is CC(/C=C/C=C1C=C(/C=C/C(=O)OC2CCCC(=O)OC(C(C)C/C(C)=C/C(C)C(O)CC(C)O)C/C=C/CC2C)CC/1)=C\C(O)C(O)CC(C)O. The molecule has 0 spiro atoms. The molecule has 0 aromatic carbocycles. The van der Waals surface area contributed by atoms with E-state index in [0.717, 1.165) is 48.0 Å². The molecule has 10 atom stereocenters. The number of esters is 2. The lowest BCUT2D eigenvalue weighted by molar-refractivity contribution is -0.151. The first-order valence-electron chi connectivity index (χ1n) is 19.1. The molecule has 1 aliphatic carbocycles. The number of allylic oxidation sites excluding steroid dienone is 10. The molecule has 0 saturated heterocycles. The van der Waals surface area contributed by atoms with E-state index in [-0.39, 0.29) is 48.8 Å². The zero-order chi connectivity index (χ0) is 38.8. The third kappa shape index (κ3) is 18.1. The van der Waals surface area contributed by atoms with Crippen LogP contribution in [-0.2, 0) is 19.1 Å². The molecule has 0 amide bonds. The van der Waals surface area contributed by atoms with Gasteiger partial charge in [-0.15, -0.1) is 0 Å². The van der Waals surface area contributed by atoms with Crippen LogP contribution >= 0.6 is 0 Å².